The molecule has 0 aliphatic heterocycles. The Labute approximate surface area is 60.4 Å². The summed E-state index contributed by atoms with van der Waals surface area (Å²) in [6.45, 7) is 2.08. The van der Waals surface area contributed by atoms with Gasteiger partial charge in [-0.2, -0.15) is 0 Å². The van der Waals surface area contributed by atoms with Crippen molar-refractivity contribution in [1.29, 1.82) is 0 Å². The minimum Gasteiger partial charge on any atom is -0.246 e. The molecule has 2 heteroatoms. The lowest BCUT2D eigenvalue weighted by Crippen LogP contribution is -2.25. The first-order valence-corrected chi connectivity index (χ1v) is 3.92. The topological polar surface area (TPSA) is 0 Å². The van der Waals surface area contributed by atoms with Gasteiger partial charge < -0.3 is 0 Å². The summed E-state index contributed by atoms with van der Waals surface area (Å²) in [4.78, 5) is 0. The average molecular weight is 151 g/mol. The van der Waals surface area contributed by atoms with E-state index >= 15 is 0 Å². The van der Waals surface area contributed by atoms with E-state index < -0.39 is 6.17 Å². The first kappa shape index (κ1) is 7.33. The molecule has 0 amide bonds. The standard InChI is InChI=1S/C7H12ClF/c1-5-2-3-6(8)7(9)4-5/h5-7H,2-4H2,1H3/t5-,6?,7?/m0/s1. The molecular formula is C7H12ClF. The first-order chi connectivity index (χ1) is 4.20. The van der Waals surface area contributed by atoms with Gasteiger partial charge >= 0.3 is 0 Å². The summed E-state index contributed by atoms with van der Waals surface area (Å²) in [5, 5.41) is -0.207. The second-order valence-corrected chi connectivity index (χ2v) is 3.51. The van der Waals surface area contributed by atoms with E-state index in [4.69, 9.17) is 11.6 Å². The molecule has 1 saturated carbocycles. The van der Waals surface area contributed by atoms with E-state index in [1.807, 2.05) is 0 Å². The van der Waals surface area contributed by atoms with Crippen LogP contribution in [-0.4, -0.2) is 11.5 Å². The lowest BCUT2D eigenvalue weighted by atomic mass is 9.89. The molecule has 0 nitrogen and oxygen atoms in total. The predicted molar refractivity (Wildman–Crippen MR) is 37.6 cm³/mol. The molecule has 0 saturated heterocycles. The Bertz CT molecular complexity index is 94.9. The van der Waals surface area contributed by atoms with Crippen LogP contribution in [0, 0.1) is 5.92 Å². The van der Waals surface area contributed by atoms with Crippen LogP contribution in [0.2, 0.25) is 0 Å². The Morgan fingerprint density at radius 1 is 1.44 bits per heavy atom. The van der Waals surface area contributed by atoms with Gasteiger partial charge in [-0.3, -0.25) is 0 Å². The molecule has 0 heterocycles. The summed E-state index contributed by atoms with van der Waals surface area (Å²) in [7, 11) is 0. The van der Waals surface area contributed by atoms with Gasteiger partial charge in [0.05, 0.1) is 5.38 Å². The fourth-order valence-corrected chi connectivity index (χ4v) is 1.50. The molecule has 54 valence electrons. The quantitative estimate of drug-likeness (QED) is 0.466. The number of rotatable bonds is 0. The molecule has 0 aromatic heterocycles. The van der Waals surface area contributed by atoms with E-state index in [-0.39, 0.29) is 5.38 Å². The van der Waals surface area contributed by atoms with Crippen LogP contribution in [0.4, 0.5) is 4.39 Å². The smallest absolute Gasteiger partial charge is 0.117 e. The normalized spacial score (nSPS) is 45.0. The number of hydrogen-bond donors (Lipinski definition) is 0. The zero-order valence-electron chi connectivity index (χ0n) is 5.61. The van der Waals surface area contributed by atoms with Crippen molar-refractivity contribution < 1.29 is 4.39 Å². The molecule has 0 radical (unpaired) electrons. The van der Waals surface area contributed by atoms with Crippen molar-refractivity contribution in [2.75, 3.05) is 0 Å². The van der Waals surface area contributed by atoms with Crippen molar-refractivity contribution in [3.63, 3.8) is 0 Å². The zero-order valence-corrected chi connectivity index (χ0v) is 6.37. The third-order valence-electron chi connectivity index (χ3n) is 1.96. The summed E-state index contributed by atoms with van der Waals surface area (Å²) in [5.74, 6) is 0.537. The summed E-state index contributed by atoms with van der Waals surface area (Å²) in [5.41, 5.74) is 0. The van der Waals surface area contributed by atoms with E-state index in [2.05, 4.69) is 6.92 Å². The van der Waals surface area contributed by atoms with E-state index in [0.717, 1.165) is 12.8 Å². The van der Waals surface area contributed by atoms with Gasteiger partial charge in [0, 0.05) is 0 Å². The summed E-state index contributed by atoms with van der Waals surface area (Å²) >= 11 is 5.66. The lowest BCUT2D eigenvalue weighted by Gasteiger charge is -2.25. The highest BCUT2D eigenvalue weighted by atomic mass is 35.5. The van der Waals surface area contributed by atoms with Gasteiger partial charge in [0.1, 0.15) is 6.17 Å². The number of alkyl halides is 2. The van der Waals surface area contributed by atoms with Gasteiger partial charge in [-0.25, -0.2) is 4.39 Å². The predicted octanol–water partition coefficient (Wildman–Crippen LogP) is 2.75. The zero-order chi connectivity index (χ0) is 6.85. The maximum atomic E-state index is 12.7. The molecule has 1 aliphatic rings. The van der Waals surface area contributed by atoms with Crippen LogP contribution in [0.5, 0.6) is 0 Å². The van der Waals surface area contributed by atoms with Gasteiger partial charge in [0.15, 0.2) is 0 Å². The lowest BCUT2D eigenvalue weighted by molar-refractivity contribution is 0.213. The van der Waals surface area contributed by atoms with Crippen LogP contribution in [0.25, 0.3) is 0 Å². The maximum absolute atomic E-state index is 12.7. The van der Waals surface area contributed by atoms with Crippen LogP contribution in [0.3, 0.4) is 0 Å². The Morgan fingerprint density at radius 2 is 2.11 bits per heavy atom. The van der Waals surface area contributed by atoms with Crippen molar-refractivity contribution in [3.8, 4) is 0 Å². The Hall–Kier alpha value is 0.220. The molecule has 1 fully saturated rings. The minimum atomic E-state index is -0.754. The van der Waals surface area contributed by atoms with Crippen molar-refractivity contribution in [2.24, 2.45) is 5.92 Å². The second-order valence-electron chi connectivity index (χ2n) is 2.95. The SMILES string of the molecule is C[C@H]1CCC(Cl)C(F)C1. The molecule has 0 N–H and O–H groups in total. The van der Waals surface area contributed by atoms with Gasteiger partial charge in [-0.1, -0.05) is 6.92 Å². The van der Waals surface area contributed by atoms with Gasteiger partial charge in [0.2, 0.25) is 0 Å². The van der Waals surface area contributed by atoms with E-state index in [1.54, 1.807) is 0 Å². The monoisotopic (exact) mass is 150 g/mol. The molecule has 0 aromatic carbocycles. The summed E-state index contributed by atoms with van der Waals surface area (Å²) in [6.07, 6.45) is 1.85. The van der Waals surface area contributed by atoms with Crippen LogP contribution in [-0.2, 0) is 0 Å². The molecule has 1 aliphatic carbocycles. The fraction of sp³-hybridized carbons (Fsp3) is 1.00. The van der Waals surface area contributed by atoms with E-state index in [9.17, 15) is 4.39 Å². The Kier molecular flexibility index (Phi) is 2.34. The molecule has 9 heavy (non-hydrogen) atoms. The Balaban J connectivity index is 2.35. The van der Waals surface area contributed by atoms with Crippen molar-refractivity contribution >= 4 is 11.6 Å². The van der Waals surface area contributed by atoms with Crippen molar-refractivity contribution in [2.45, 2.75) is 37.7 Å². The van der Waals surface area contributed by atoms with Crippen LogP contribution in [0.1, 0.15) is 26.2 Å². The van der Waals surface area contributed by atoms with Crippen LogP contribution >= 0.6 is 11.6 Å². The van der Waals surface area contributed by atoms with E-state index in [0.29, 0.717) is 12.3 Å². The van der Waals surface area contributed by atoms with Crippen molar-refractivity contribution in [3.05, 3.63) is 0 Å². The second kappa shape index (κ2) is 2.87. The third kappa shape index (κ3) is 1.82. The molecule has 1 rings (SSSR count). The molecule has 0 spiro atoms. The van der Waals surface area contributed by atoms with Crippen molar-refractivity contribution in [1.82, 2.24) is 0 Å². The van der Waals surface area contributed by atoms with E-state index in [1.165, 1.54) is 0 Å². The fourth-order valence-electron chi connectivity index (χ4n) is 1.27. The third-order valence-corrected chi connectivity index (χ3v) is 2.45. The molecular weight excluding hydrogens is 139 g/mol. The molecule has 3 atom stereocenters. The molecule has 0 bridgehead atoms. The maximum Gasteiger partial charge on any atom is 0.117 e. The largest absolute Gasteiger partial charge is 0.246 e. The summed E-state index contributed by atoms with van der Waals surface area (Å²) in [6, 6.07) is 0. The molecule has 0 aromatic rings. The Morgan fingerprint density at radius 3 is 2.56 bits per heavy atom. The van der Waals surface area contributed by atoms with Gasteiger partial charge in [0.25, 0.3) is 0 Å². The number of halogens is 2. The minimum absolute atomic E-state index is 0.207. The molecule has 2 unspecified atom stereocenters. The first-order valence-electron chi connectivity index (χ1n) is 3.48. The highest BCUT2D eigenvalue weighted by molar-refractivity contribution is 6.21. The van der Waals surface area contributed by atoms with Gasteiger partial charge in [-0.15, -0.1) is 11.6 Å². The highest BCUT2D eigenvalue weighted by Gasteiger charge is 2.26. The highest BCUT2D eigenvalue weighted by Crippen LogP contribution is 2.29. The van der Waals surface area contributed by atoms with Crippen LogP contribution < -0.4 is 0 Å². The van der Waals surface area contributed by atoms with Gasteiger partial charge in [-0.05, 0) is 25.2 Å². The summed E-state index contributed by atoms with van der Waals surface area (Å²) < 4.78 is 12.7. The average Bonchev–Trinajstić information content (AvgIpc) is 1.80. The van der Waals surface area contributed by atoms with Crippen LogP contribution in [0.15, 0.2) is 0 Å². The number of hydrogen-bond acceptors (Lipinski definition) is 0.